The molecule has 138 valence electrons. The van der Waals surface area contributed by atoms with E-state index in [-0.39, 0.29) is 0 Å². The lowest BCUT2D eigenvalue weighted by Crippen LogP contribution is -2.29. The molecule has 1 atom stereocenters. The second kappa shape index (κ2) is 9.10. The highest BCUT2D eigenvalue weighted by Crippen LogP contribution is 2.25. The number of amides is 1. The van der Waals surface area contributed by atoms with Gasteiger partial charge in [0.15, 0.2) is 12.7 Å². The van der Waals surface area contributed by atoms with E-state index >= 15 is 0 Å². The number of hydrogen-bond acceptors (Lipinski definition) is 5. The summed E-state index contributed by atoms with van der Waals surface area (Å²) in [7, 11) is 1.51. The van der Waals surface area contributed by atoms with Crippen molar-refractivity contribution in [2.45, 2.75) is 20.0 Å². The summed E-state index contributed by atoms with van der Waals surface area (Å²) in [5.41, 5.74) is 1.47. The summed E-state index contributed by atoms with van der Waals surface area (Å²) in [5.74, 6) is -0.169. The molecule has 1 amide bonds. The Balaban J connectivity index is 1.86. The maximum atomic E-state index is 12.0. The average molecular weight is 378 g/mol. The number of anilines is 1. The average Bonchev–Trinajstić information content (AvgIpc) is 2.60. The highest BCUT2D eigenvalue weighted by molar-refractivity contribution is 6.30. The highest BCUT2D eigenvalue weighted by Gasteiger charge is 2.18. The van der Waals surface area contributed by atoms with Crippen molar-refractivity contribution in [3.63, 3.8) is 0 Å². The monoisotopic (exact) mass is 377 g/mol. The molecular formula is C19H20ClNO5. The Kier molecular flexibility index (Phi) is 6.86. The number of carbonyl (C=O) groups is 2. The van der Waals surface area contributed by atoms with Crippen LogP contribution in [0, 0.1) is 6.92 Å². The van der Waals surface area contributed by atoms with Crippen molar-refractivity contribution in [1.29, 1.82) is 0 Å². The van der Waals surface area contributed by atoms with Crippen molar-refractivity contribution in [1.82, 2.24) is 0 Å². The molecule has 2 rings (SSSR count). The molecule has 26 heavy (non-hydrogen) atoms. The van der Waals surface area contributed by atoms with Gasteiger partial charge in [-0.1, -0.05) is 23.7 Å². The number of aryl methyl sites for hydroxylation is 1. The summed E-state index contributed by atoms with van der Waals surface area (Å²) in [4.78, 5) is 24.0. The van der Waals surface area contributed by atoms with Crippen LogP contribution in [0.25, 0.3) is 0 Å². The Labute approximate surface area is 157 Å². The van der Waals surface area contributed by atoms with Gasteiger partial charge in [-0.2, -0.15) is 0 Å². The van der Waals surface area contributed by atoms with Crippen molar-refractivity contribution in [3.05, 3.63) is 53.1 Å². The molecule has 0 aromatic heterocycles. The van der Waals surface area contributed by atoms with Crippen LogP contribution in [0.1, 0.15) is 12.5 Å². The minimum atomic E-state index is -0.880. The van der Waals surface area contributed by atoms with Crippen LogP contribution in [0.4, 0.5) is 5.69 Å². The van der Waals surface area contributed by atoms with Crippen molar-refractivity contribution in [2.24, 2.45) is 0 Å². The summed E-state index contributed by atoms with van der Waals surface area (Å²) in [6.07, 6.45) is -0.880. The van der Waals surface area contributed by atoms with E-state index in [9.17, 15) is 9.59 Å². The quantitative estimate of drug-likeness (QED) is 0.746. The van der Waals surface area contributed by atoms with Crippen LogP contribution in [0.15, 0.2) is 42.5 Å². The lowest BCUT2D eigenvalue weighted by molar-refractivity contribution is -0.153. The molecule has 2 aromatic carbocycles. The Hall–Kier alpha value is -2.73. The SMILES string of the molecule is COc1ccc(C)cc1NC(=O)COC(=O)C(C)Oc1cccc(Cl)c1. The first-order valence-corrected chi connectivity index (χ1v) is 8.30. The first-order valence-electron chi connectivity index (χ1n) is 7.92. The highest BCUT2D eigenvalue weighted by atomic mass is 35.5. The smallest absolute Gasteiger partial charge is 0.347 e. The molecule has 1 N–H and O–H groups in total. The molecule has 0 radical (unpaired) electrons. The zero-order valence-corrected chi connectivity index (χ0v) is 15.5. The molecule has 2 aromatic rings. The summed E-state index contributed by atoms with van der Waals surface area (Å²) in [6.45, 7) is 2.99. The predicted octanol–water partition coefficient (Wildman–Crippen LogP) is 3.61. The normalized spacial score (nSPS) is 11.4. The Morgan fingerprint density at radius 3 is 2.65 bits per heavy atom. The van der Waals surface area contributed by atoms with Gasteiger partial charge >= 0.3 is 5.97 Å². The van der Waals surface area contributed by atoms with Gasteiger partial charge in [0.25, 0.3) is 5.91 Å². The molecule has 0 aliphatic carbocycles. The lowest BCUT2D eigenvalue weighted by atomic mass is 10.2. The molecular weight excluding hydrogens is 358 g/mol. The van der Waals surface area contributed by atoms with Gasteiger partial charge in [-0.25, -0.2) is 4.79 Å². The number of nitrogens with one attached hydrogen (secondary N) is 1. The topological polar surface area (TPSA) is 73.9 Å². The maximum absolute atomic E-state index is 12.0. The number of halogens is 1. The van der Waals surface area contributed by atoms with Crippen LogP contribution >= 0.6 is 11.6 Å². The molecule has 0 saturated heterocycles. The summed E-state index contributed by atoms with van der Waals surface area (Å²) < 4.78 is 15.6. The fraction of sp³-hybridized carbons (Fsp3) is 0.263. The molecule has 0 saturated carbocycles. The van der Waals surface area contributed by atoms with Crippen molar-refractivity contribution in [3.8, 4) is 11.5 Å². The first-order chi connectivity index (χ1) is 12.4. The Bertz CT molecular complexity index is 793. The van der Waals surface area contributed by atoms with E-state index in [0.29, 0.717) is 22.2 Å². The first kappa shape index (κ1) is 19.6. The van der Waals surface area contributed by atoms with Gasteiger partial charge in [0.1, 0.15) is 11.5 Å². The Morgan fingerprint density at radius 2 is 1.96 bits per heavy atom. The second-order valence-electron chi connectivity index (χ2n) is 5.58. The van der Waals surface area contributed by atoms with Crippen molar-refractivity contribution >= 4 is 29.2 Å². The Morgan fingerprint density at radius 1 is 1.19 bits per heavy atom. The molecule has 0 heterocycles. The number of esters is 1. The summed E-state index contributed by atoms with van der Waals surface area (Å²) in [6, 6.07) is 12.0. The van der Waals surface area contributed by atoms with Gasteiger partial charge in [-0.05, 0) is 49.7 Å². The predicted molar refractivity (Wildman–Crippen MR) is 98.9 cm³/mol. The van der Waals surface area contributed by atoms with Crippen LogP contribution in [0.3, 0.4) is 0 Å². The number of methoxy groups -OCH3 is 1. The van der Waals surface area contributed by atoms with Gasteiger partial charge in [0.2, 0.25) is 0 Å². The molecule has 0 spiro atoms. The van der Waals surface area contributed by atoms with Gasteiger partial charge in [0.05, 0.1) is 12.8 Å². The third-order valence-corrected chi connectivity index (χ3v) is 3.65. The fourth-order valence-electron chi connectivity index (χ4n) is 2.15. The van der Waals surface area contributed by atoms with E-state index in [1.165, 1.54) is 14.0 Å². The standard InChI is InChI=1S/C19H20ClNO5/c1-12-7-8-17(24-3)16(9-12)21-18(22)11-25-19(23)13(2)26-15-6-4-5-14(20)10-15/h4-10,13H,11H2,1-3H3,(H,21,22). The fourth-order valence-corrected chi connectivity index (χ4v) is 2.33. The van der Waals surface area contributed by atoms with Crippen LogP contribution in [-0.2, 0) is 14.3 Å². The zero-order valence-electron chi connectivity index (χ0n) is 14.7. The van der Waals surface area contributed by atoms with Gasteiger partial charge in [-0.3, -0.25) is 4.79 Å². The van der Waals surface area contributed by atoms with Crippen LogP contribution in [0.5, 0.6) is 11.5 Å². The van der Waals surface area contributed by atoms with Gasteiger partial charge in [0, 0.05) is 5.02 Å². The van der Waals surface area contributed by atoms with Gasteiger partial charge in [-0.15, -0.1) is 0 Å². The van der Waals surface area contributed by atoms with E-state index in [4.69, 9.17) is 25.8 Å². The molecule has 7 heteroatoms. The van der Waals surface area contributed by atoms with E-state index in [1.807, 2.05) is 13.0 Å². The van der Waals surface area contributed by atoms with E-state index in [0.717, 1.165) is 5.56 Å². The number of hydrogen-bond donors (Lipinski definition) is 1. The second-order valence-corrected chi connectivity index (χ2v) is 6.01. The molecule has 0 bridgehead atoms. The van der Waals surface area contributed by atoms with Crippen LogP contribution in [0.2, 0.25) is 5.02 Å². The minimum Gasteiger partial charge on any atom is -0.495 e. The summed E-state index contributed by atoms with van der Waals surface area (Å²) >= 11 is 5.86. The maximum Gasteiger partial charge on any atom is 0.347 e. The summed E-state index contributed by atoms with van der Waals surface area (Å²) in [5, 5.41) is 3.15. The molecule has 0 aliphatic heterocycles. The molecule has 6 nitrogen and oxygen atoms in total. The zero-order chi connectivity index (χ0) is 19.1. The number of carbonyl (C=O) groups excluding carboxylic acids is 2. The van der Waals surface area contributed by atoms with E-state index in [2.05, 4.69) is 5.32 Å². The molecule has 0 fully saturated rings. The van der Waals surface area contributed by atoms with Crippen LogP contribution in [-0.4, -0.2) is 31.7 Å². The largest absolute Gasteiger partial charge is 0.495 e. The number of rotatable bonds is 7. The van der Waals surface area contributed by atoms with E-state index < -0.39 is 24.6 Å². The number of benzene rings is 2. The van der Waals surface area contributed by atoms with Crippen molar-refractivity contribution < 1.29 is 23.8 Å². The van der Waals surface area contributed by atoms with E-state index in [1.54, 1.807) is 36.4 Å². The molecule has 1 unspecified atom stereocenters. The third kappa shape index (κ3) is 5.67. The number of ether oxygens (including phenoxy) is 3. The molecule has 0 aliphatic rings. The lowest BCUT2D eigenvalue weighted by Gasteiger charge is -2.15. The van der Waals surface area contributed by atoms with Gasteiger partial charge < -0.3 is 19.5 Å². The van der Waals surface area contributed by atoms with Crippen LogP contribution < -0.4 is 14.8 Å². The minimum absolute atomic E-state index is 0.431. The third-order valence-electron chi connectivity index (χ3n) is 3.42. The van der Waals surface area contributed by atoms with Crippen molar-refractivity contribution in [2.75, 3.05) is 19.0 Å².